The summed E-state index contributed by atoms with van der Waals surface area (Å²) in [6.45, 7) is 2.86. The number of hydrogen-bond donors (Lipinski definition) is 1. The minimum atomic E-state index is -0.416. The van der Waals surface area contributed by atoms with E-state index in [-0.39, 0.29) is 5.69 Å². The average Bonchev–Trinajstić information content (AvgIpc) is 2.68. The molecule has 0 amide bonds. The number of non-ortho nitro benzene ring substituents is 1. The predicted octanol–water partition coefficient (Wildman–Crippen LogP) is 6.51. The van der Waals surface area contributed by atoms with Crippen molar-refractivity contribution in [1.29, 1.82) is 0 Å². The van der Waals surface area contributed by atoms with Gasteiger partial charge in [-0.3, -0.25) is 10.1 Å². The van der Waals surface area contributed by atoms with Crippen LogP contribution in [0.15, 0.2) is 65.1 Å². The van der Waals surface area contributed by atoms with E-state index in [1.807, 2.05) is 43.3 Å². The van der Waals surface area contributed by atoms with Crippen LogP contribution in [0, 0.1) is 17.0 Å². The summed E-state index contributed by atoms with van der Waals surface area (Å²) < 4.78 is 6.92. The fourth-order valence-electron chi connectivity index (χ4n) is 2.69. The maximum Gasteiger partial charge on any atom is 0.269 e. The van der Waals surface area contributed by atoms with Crippen molar-refractivity contribution >= 4 is 38.9 Å². The Morgan fingerprint density at radius 3 is 2.61 bits per heavy atom. The normalized spacial score (nSPS) is 10.5. The number of nitrogens with zero attached hydrogens (tertiary/aromatic N) is 1. The van der Waals surface area contributed by atoms with Gasteiger partial charge < -0.3 is 10.1 Å². The molecule has 0 aliphatic rings. The molecule has 1 N–H and O–H groups in total. The van der Waals surface area contributed by atoms with Crippen molar-refractivity contribution in [2.75, 3.05) is 5.32 Å². The molecule has 0 unspecified atom stereocenters. The zero-order chi connectivity index (χ0) is 20.1. The number of hydrogen-bond acceptors (Lipinski definition) is 4. The largest absolute Gasteiger partial charge is 0.489 e. The summed E-state index contributed by atoms with van der Waals surface area (Å²) in [4.78, 5) is 10.3. The van der Waals surface area contributed by atoms with E-state index in [1.54, 1.807) is 12.1 Å². The highest BCUT2D eigenvalue weighted by molar-refractivity contribution is 9.10. The van der Waals surface area contributed by atoms with E-state index in [0.717, 1.165) is 32.6 Å². The molecule has 7 heteroatoms. The third-order valence-electron chi connectivity index (χ3n) is 4.30. The van der Waals surface area contributed by atoms with E-state index in [0.29, 0.717) is 18.2 Å². The van der Waals surface area contributed by atoms with E-state index >= 15 is 0 Å². The molecule has 3 rings (SSSR count). The molecule has 28 heavy (non-hydrogen) atoms. The van der Waals surface area contributed by atoms with Crippen molar-refractivity contribution in [3.63, 3.8) is 0 Å². The van der Waals surface area contributed by atoms with Crippen molar-refractivity contribution < 1.29 is 9.66 Å². The van der Waals surface area contributed by atoms with Gasteiger partial charge in [-0.25, -0.2) is 0 Å². The van der Waals surface area contributed by atoms with Crippen LogP contribution in [0.2, 0.25) is 5.02 Å². The first-order chi connectivity index (χ1) is 13.4. The number of nitro benzene ring substituents is 1. The Hall–Kier alpha value is -2.57. The maximum atomic E-state index is 10.8. The average molecular weight is 462 g/mol. The third-order valence-corrected chi connectivity index (χ3v) is 5.20. The standard InChI is InChI=1S/C21H18BrClN2O3/c1-14-19(23)3-2-4-20(14)24-12-16-11-17(22)7-10-21(16)28-13-15-5-8-18(9-6-15)25(26)27/h2-11,24H,12-13H2,1H3. The van der Waals surface area contributed by atoms with Gasteiger partial charge in [0.2, 0.25) is 0 Å². The molecule has 0 spiro atoms. The monoisotopic (exact) mass is 460 g/mol. The molecule has 0 heterocycles. The van der Waals surface area contributed by atoms with Crippen LogP contribution in [-0.2, 0) is 13.2 Å². The Bertz CT molecular complexity index is 993. The lowest BCUT2D eigenvalue weighted by atomic mass is 10.1. The van der Waals surface area contributed by atoms with Crippen LogP contribution in [-0.4, -0.2) is 4.92 Å². The number of benzene rings is 3. The number of anilines is 1. The van der Waals surface area contributed by atoms with Crippen LogP contribution in [0.4, 0.5) is 11.4 Å². The van der Waals surface area contributed by atoms with Gasteiger partial charge in [-0.05, 0) is 60.5 Å². The third kappa shape index (κ3) is 5.03. The lowest BCUT2D eigenvalue weighted by Gasteiger charge is -2.15. The summed E-state index contributed by atoms with van der Waals surface area (Å²) in [6.07, 6.45) is 0. The second kappa shape index (κ2) is 9.08. The molecule has 0 aliphatic carbocycles. The molecule has 0 saturated carbocycles. The zero-order valence-electron chi connectivity index (χ0n) is 15.1. The Morgan fingerprint density at radius 2 is 1.89 bits per heavy atom. The van der Waals surface area contributed by atoms with E-state index in [4.69, 9.17) is 16.3 Å². The molecule has 0 fully saturated rings. The summed E-state index contributed by atoms with van der Waals surface area (Å²) in [5.41, 5.74) is 3.87. The number of rotatable bonds is 7. The van der Waals surface area contributed by atoms with Crippen LogP contribution < -0.4 is 10.1 Å². The van der Waals surface area contributed by atoms with Crippen LogP contribution in [0.5, 0.6) is 5.75 Å². The number of nitrogens with one attached hydrogen (secondary N) is 1. The van der Waals surface area contributed by atoms with Gasteiger partial charge in [-0.1, -0.05) is 33.6 Å². The number of ether oxygens (including phenoxy) is 1. The fraction of sp³-hybridized carbons (Fsp3) is 0.143. The van der Waals surface area contributed by atoms with Crippen molar-refractivity contribution in [1.82, 2.24) is 0 Å². The Kier molecular flexibility index (Phi) is 6.54. The molecule has 144 valence electrons. The topological polar surface area (TPSA) is 64.4 Å². The minimum absolute atomic E-state index is 0.0640. The van der Waals surface area contributed by atoms with Crippen molar-refractivity contribution in [2.45, 2.75) is 20.1 Å². The van der Waals surface area contributed by atoms with Gasteiger partial charge in [0.25, 0.3) is 5.69 Å². The summed E-state index contributed by atoms with van der Waals surface area (Å²) in [6, 6.07) is 17.9. The molecule has 0 saturated heterocycles. The van der Waals surface area contributed by atoms with E-state index in [2.05, 4.69) is 21.2 Å². The second-order valence-corrected chi connectivity index (χ2v) is 7.55. The number of nitro groups is 1. The summed E-state index contributed by atoms with van der Waals surface area (Å²) in [7, 11) is 0. The van der Waals surface area contributed by atoms with E-state index < -0.39 is 4.92 Å². The van der Waals surface area contributed by atoms with Crippen LogP contribution in [0.3, 0.4) is 0 Å². The summed E-state index contributed by atoms with van der Waals surface area (Å²) in [5, 5.41) is 14.9. The first-order valence-electron chi connectivity index (χ1n) is 8.57. The van der Waals surface area contributed by atoms with Crippen LogP contribution >= 0.6 is 27.5 Å². The Balaban J connectivity index is 1.71. The molecular formula is C21H18BrClN2O3. The van der Waals surface area contributed by atoms with Gasteiger partial charge in [-0.15, -0.1) is 0 Å². The number of halogens is 2. The first-order valence-corrected chi connectivity index (χ1v) is 9.74. The fourth-order valence-corrected chi connectivity index (χ4v) is 3.27. The van der Waals surface area contributed by atoms with E-state index in [9.17, 15) is 10.1 Å². The highest BCUT2D eigenvalue weighted by Gasteiger charge is 2.09. The van der Waals surface area contributed by atoms with Crippen LogP contribution in [0.1, 0.15) is 16.7 Å². The van der Waals surface area contributed by atoms with Gasteiger partial charge >= 0.3 is 0 Å². The van der Waals surface area contributed by atoms with Crippen molar-refractivity contribution in [3.8, 4) is 5.75 Å². The smallest absolute Gasteiger partial charge is 0.269 e. The van der Waals surface area contributed by atoms with Crippen molar-refractivity contribution in [2.24, 2.45) is 0 Å². The summed E-state index contributed by atoms with van der Waals surface area (Å²) in [5.74, 6) is 0.744. The van der Waals surface area contributed by atoms with Crippen LogP contribution in [0.25, 0.3) is 0 Å². The van der Waals surface area contributed by atoms with E-state index in [1.165, 1.54) is 12.1 Å². The van der Waals surface area contributed by atoms with Gasteiger partial charge in [0, 0.05) is 39.4 Å². The summed E-state index contributed by atoms with van der Waals surface area (Å²) >= 11 is 9.68. The molecule has 3 aromatic carbocycles. The molecule has 0 radical (unpaired) electrons. The highest BCUT2D eigenvalue weighted by atomic mass is 79.9. The molecule has 0 aliphatic heterocycles. The lowest BCUT2D eigenvalue weighted by Crippen LogP contribution is -2.05. The molecule has 0 bridgehead atoms. The predicted molar refractivity (Wildman–Crippen MR) is 115 cm³/mol. The quantitative estimate of drug-likeness (QED) is 0.322. The Labute approximate surface area is 176 Å². The second-order valence-electron chi connectivity index (χ2n) is 6.23. The van der Waals surface area contributed by atoms with Gasteiger partial charge in [0.05, 0.1) is 4.92 Å². The Morgan fingerprint density at radius 1 is 1.14 bits per heavy atom. The van der Waals surface area contributed by atoms with Gasteiger partial charge in [0.1, 0.15) is 12.4 Å². The van der Waals surface area contributed by atoms with Crippen molar-refractivity contribution in [3.05, 3.63) is 97.0 Å². The molecule has 0 aromatic heterocycles. The molecular weight excluding hydrogens is 444 g/mol. The van der Waals surface area contributed by atoms with Gasteiger partial charge in [-0.2, -0.15) is 0 Å². The highest BCUT2D eigenvalue weighted by Crippen LogP contribution is 2.28. The zero-order valence-corrected chi connectivity index (χ0v) is 17.5. The van der Waals surface area contributed by atoms with Gasteiger partial charge in [0.15, 0.2) is 0 Å². The molecule has 0 atom stereocenters. The first kappa shape index (κ1) is 20.2. The maximum absolute atomic E-state index is 10.8. The molecule has 3 aromatic rings. The lowest BCUT2D eigenvalue weighted by molar-refractivity contribution is -0.384. The molecule has 5 nitrogen and oxygen atoms in total. The SMILES string of the molecule is Cc1c(Cl)cccc1NCc1cc(Br)ccc1OCc1ccc([N+](=O)[O-])cc1. The minimum Gasteiger partial charge on any atom is -0.489 e.